The van der Waals surface area contributed by atoms with Crippen LogP contribution in [-0.2, 0) is 16.6 Å². The average Bonchev–Trinajstić information content (AvgIpc) is 3.30. The summed E-state index contributed by atoms with van der Waals surface area (Å²) in [7, 11) is 1.74. The Morgan fingerprint density at radius 2 is 2.23 bits per heavy atom. The van der Waals surface area contributed by atoms with Gasteiger partial charge in [-0.2, -0.15) is 5.10 Å². The van der Waals surface area contributed by atoms with Crippen molar-refractivity contribution >= 4 is 45.9 Å². The first-order chi connectivity index (χ1) is 12.4. The van der Waals surface area contributed by atoms with E-state index in [-0.39, 0.29) is 11.9 Å². The summed E-state index contributed by atoms with van der Waals surface area (Å²) in [6.45, 7) is 3.89. The molecule has 3 rings (SSSR count). The minimum absolute atomic E-state index is 0.296. The molecule has 2 heterocycles. The van der Waals surface area contributed by atoms with Crippen LogP contribution in [0.5, 0.6) is 0 Å². The highest BCUT2D eigenvalue weighted by molar-refractivity contribution is 7.15. The van der Waals surface area contributed by atoms with Crippen molar-refractivity contribution in [2.45, 2.75) is 32.6 Å². The van der Waals surface area contributed by atoms with Crippen molar-refractivity contribution in [3.8, 4) is 0 Å². The van der Waals surface area contributed by atoms with Crippen LogP contribution < -0.4 is 5.32 Å². The van der Waals surface area contributed by atoms with Crippen molar-refractivity contribution in [1.29, 1.82) is 0 Å². The van der Waals surface area contributed by atoms with Gasteiger partial charge in [-0.15, -0.1) is 11.3 Å². The molecular weight excluding hydrogens is 374 g/mol. The van der Waals surface area contributed by atoms with Gasteiger partial charge in [-0.05, 0) is 49.6 Å². The van der Waals surface area contributed by atoms with Crippen LogP contribution in [0.25, 0.3) is 6.08 Å². The smallest absolute Gasteiger partial charge is 0.341 e. The summed E-state index contributed by atoms with van der Waals surface area (Å²) in [5.74, 6) is -0.330. The number of aromatic nitrogens is 2. The summed E-state index contributed by atoms with van der Waals surface area (Å²) in [6.07, 6.45) is 5.14. The quantitative estimate of drug-likeness (QED) is 0.591. The topological polar surface area (TPSA) is 73.2 Å². The molecule has 6 nitrogen and oxygen atoms in total. The Balaban J connectivity index is 1.79. The Morgan fingerprint density at radius 1 is 1.50 bits per heavy atom. The van der Waals surface area contributed by atoms with Crippen LogP contribution in [0.1, 0.15) is 52.9 Å². The number of amides is 1. The van der Waals surface area contributed by atoms with E-state index in [9.17, 15) is 9.59 Å². The van der Waals surface area contributed by atoms with E-state index in [1.54, 1.807) is 24.7 Å². The molecule has 0 aromatic carbocycles. The molecule has 0 bridgehead atoms. The highest BCUT2D eigenvalue weighted by atomic mass is 35.5. The van der Waals surface area contributed by atoms with Gasteiger partial charge >= 0.3 is 5.97 Å². The Labute approximate surface area is 160 Å². The van der Waals surface area contributed by atoms with Crippen LogP contribution in [0.4, 0.5) is 5.00 Å². The van der Waals surface area contributed by atoms with Gasteiger partial charge in [-0.3, -0.25) is 9.48 Å². The van der Waals surface area contributed by atoms with Crippen molar-refractivity contribution in [3.63, 3.8) is 0 Å². The zero-order chi connectivity index (χ0) is 18.8. The number of rotatable bonds is 6. The zero-order valence-corrected chi connectivity index (χ0v) is 16.4. The number of carbonyl (C=O) groups is 2. The standard InChI is InChI=1S/C18H20ClN3O3S/c1-4-25-18(24)15-13(11-5-6-11)9-26-17(15)20-14(23)8-7-12-10(2)21-22(3)16(12)19/h7-9,11H,4-6H2,1-3H3,(H,20,23)/b8-7+. The fourth-order valence-corrected chi connectivity index (χ4v) is 3.99. The summed E-state index contributed by atoms with van der Waals surface area (Å²) in [5, 5.41) is 9.92. The lowest BCUT2D eigenvalue weighted by atomic mass is 10.1. The summed E-state index contributed by atoms with van der Waals surface area (Å²) in [4.78, 5) is 24.6. The molecule has 0 saturated heterocycles. The molecule has 0 atom stereocenters. The number of ether oxygens (including phenoxy) is 1. The van der Waals surface area contributed by atoms with Gasteiger partial charge in [0, 0.05) is 18.7 Å². The van der Waals surface area contributed by atoms with Gasteiger partial charge in [0.25, 0.3) is 0 Å². The molecule has 2 aromatic heterocycles. The SMILES string of the molecule is CCOC(=O)c1c(C2CC2)csc1NC(=O)/C=C/c1c(C)nn(C)c1Cl. The Hall–Kier alpha value is -2.12. The van der Waals surface area contributed by atoms with E-state index in [1.807, 2.05) is 12.3 Å². The van der Waals surface area contributed by atoms with Crippen LogP contribution in [0.2, 0.25) is 5.15 Å². The number of carbonyl (C=O) groups excluding carboxylic acids is 2. The van der Waals surface area contributed by atoms with E-state index >= 15 is 0 Å². The molecule has 0 unspecified atom stereocenters. The van der Waals surface area contributed by atoms with Gasteiger partial charge in [-0.25, -0.2) is 4.79 Å². The average molecular weight is 394 g/mol. The van der Waals surface area contributed by atoms with Crippen LogP contribution in [-0.4, -0.2) is 28.3 Å². The van der Waals surface area contributed by atoms with Crippen molar-refractivity contribution in [2.24, 2.45) is 7.05 Å². The van der Waals surface area contributed by atoms with Crippen LogP contribution in [0.3, 0.4) is 0 Å². The van der Waals surface area contributed by atoms with Gasteiger partial charge in [0.05, 0.1) is 17.9 Å². The highest BCUT2D eigenvalue weighted by Crippen LogP contribution is 2.46. The van der Waals surface area contributed by atoms with E-state index in [0.29, 0.717) is 33.8 Å². The Bertz CT molecular complexity index is 881. The number of thiophene rings is 1. The minimum atomic E-state index is -0.388. The number of halogens is 1. The molecule has 0 spiro atoms. The molecule has 2 aromatic rings. The predicted octanol–water partition coefficient (Wildman–Crippen LogP) is 4.15. The van der Waals surface area contributed by atoms with Gasteiger partial charge in [-0.1, -0.05) is 11.6 Å². The van der Waals surface area contributed by atoms with Crippen molar-refractivity contribution in [2.75, 3.05) is 11.9 Å². The Kier molecular flexibility index (Phi) is 5.48. The fourth-order valence-electron chi connectivity index (χ4n) is 2.72. The molecule has 1 saturated carbocycles. The maximum Gasteiger partial charge on any atom is 0.341 e. The van der Waals surface area contributed by atoms with E-state index < -0.39 is 0 Å². The van der Waals surface area contributed by atoms with Crippen molar-refractivity contribution < 1.29 is 14.3 Å². The van der Waals surface area contributed by atoms with Gasteiger partial charge in [0.2, 0.25) is 5.91 Å². The maximum atomic E-state index is 12.3. The maximum absolute atomic E-state index is 12.3. The molecule has 1 fully saturated rings. The molecule has 138 valence electrons. The lowest BCUT2D eigenvalue weighted by molar-refractivity contribution is -0.111. The number of esters is 1. The summed E-state index contributed by atoms with van der Waals surface area (Å²) in [5.41, 5.74) is 2.89. The van der Waals surface area contributed by atoms with Crippen LogP contribution in [0.15, 0.2) is 11.5 Å². The molecule has 0 aliphatic heterocycles. The lowest BCUT2D eigenvalue weighted by Crippen LogP contribution is -2.13. The second-order valence-electron chi connectivity index (χ2n) is 6.13. The molecule has 1 amide bonds. The Morgan fingerprint density at radius 3 is 2.81 bits per heavy atom. The third-order valence-electron chi connectivity index (χ3n) is 4.15. The van der Waals surface area contributed by atoms with Gasteiger partial charge < -0.3 is 10.1 Å². The molecule has 0 radical (unpaired) electrons. The number of hydrogen-bond acceptors (Lipinski definition) is 5. The number of aryl methyl sites for hydroxylation is 2. The second kappa shape index (κ2) is 7.63. The number of hydrogen-bond donors (Lipinski definition) is 1. The highest BCUT2D eigenvalue weighted by Gasteiger charge is 2.32. The van der Waals surface area contributed by atoms with Gasteiger partial charge in [0.1, 0.15) is 10.2 Å². The summed E-state index contributed by atoms with van der Waals surface area (Å²) in [6, 6.07) is 0. The predicted molar refractivity (Wildman–Crippen MR) is 103 cm³/mol. The molecule has 8 heteroatoms. The largest absolute Gasteiger partial charge is 0.462 e. The molecule has 1 aliphatic carbocycles. The molecule has 26 heavy (non-hydrogen) atoms. The number of anilines is 1. The summed E-state index contributed by atoms with van der Waals surface area (Å²) < 4.78 is 6.71. The molecular formula is C18H20ClN3O3S. The van der Waals surface area contributed by atoms with Crippen LogP contribution >= 0.6 is 22.9 Å². The minimum Gasteiger partial charge on any atom is -0.462 e. The third-order valence-corrected chi connectivity index (χ3v) is 5.51. The lowest BCUT2D eigenvalue weighted by Gasteiger charge is -2.07. The number of nitrogens with one attached hydrogen (secondary N) is 1. The van der Waals surface area contributed by atoms with E-state index in [4.69, 9.17) is 16.3 Å². The first-order valence-corrected chi connectivity index (χ1v) is 9.64. The third kappa shape index (κ3) is 3.83. The van der Waals surface area contributed by atoms with Crippen LogP contribution in [0, 0.1) is 6.92 Å². The normalized spacial score (nSPS) is 14.0. The monoisotopic (exact) mass is 393 g/mol. The molecule has 1 N–H and O–H groups in total. The van der Waals surface area contributed by atoms with Gasteiger partial charge in [0.15, 0.2) is 0 Å². The first-order valence-electron chi connectivity index (χ1n) is 8.39. The van der Waals surface area contributed by atoms with E-state index in [2.05, 4.69) is 10.4 Å². The van der Waals surface area contributed by atoms with E-state index in [1.165, 1.54) is 17.4 Å². The zero-order valence-electron chi connectivity index (χ0n) is 14.8. The first kappa shape index (κ1) is 18.7. The van der Waals surface area contributed by atoms with Crippen molar-refractivity contribution in [3.05, 3.63) is 39.0 Å². The van der Waals surface area contributed by atoms with Crippen molar-refractivity contribution in [1.82, 2.24) is 9.78 Å². The fraction of sp³-hybridized carbons (Fsp3) is 0.389. The molecule has 1 aliphatic rings. The number of nitrogens with zero attached hydrogens (tertiary/aromatic N) is 2. The van der Waals surface area contributed by atoms with E-state index in [0.717, 1.165) is 24.1 Å². The second-order valence-corrected chi connectivity index (χ2v) is 7.36. The summed E-state index contributed by atoms with van der Waals surface area (Å²) >= 11 is 7.51.